The highest BCUT2D eigenvalue weighted by molar-refractivity contribution is 7.89. The molecule has 0 N–H and O–H groups in total. The van der Waals surface area contributed by atoms with Gasteiger partial charge in [0.1, 0.15) is 5.75 Å². The van der Waals surface area contributed by atoms with Gasteiger partial charge in [0, 0.05) is 13.1 Å². The Bertz CT molecular complexity index is 838. The van der Waals surface area contributed by atoms with Gasteiger partial charge >= 0.3 is 12.3 Å². The summed E-state index contributed by atoms with van der Waals surface area (Å²) in [5.41, 5.74) is 0. The molecule has 1 fully saturated rings. The Balaban J connectivity index is 2.15. The van der Waals surface area contributed by atoms with Crippen molar-refractivity contribution in [2.75, 3.05) is 33.4 Å². The molecule has 0 radical (unpaired) electrons. The van der Waals surface area contributed by atoms with Gasteiger partial charge in [0.25, 0.3) is 0 Å². The molecule has 2 rings (SSSR count). The third-order valence-corrected chi connectivity index (χ3v) is 5.66. The minimum atomic E-state index is -4.87. The molecule has 1 aliphatic heterocycles. The third-order valence-electron chi connectivity index (χ3n) is 3.79. The van der Waals surface area contributed by atoms with Crippen molar-refractivity contribution in [3.63, 3.8) is 0 Å². The van der Waals surface area contributed by atoms with E-state index in [0.29, 0.717) is 0 Å². The Kier molecular flexibility index (Phi) is 7.49. The summed E-state index contributed by atoms with van der Waals surface area (Å²) < 4.78 is 82.4. The first-order valence-electron chi connectivity index (χ1n) is 8.47. The molecule has 0 aliphatic carbocycles. The van der Waals surface area contributed by atoms with E-state index < -0.39 is 34.2 Å². The molecule has 1 atom stereocenters. The largest absolute Gasteiger partial charge is 0.573 e. The summed E-state index contributed by atoms with van der Waals surface area (Å²) in [6.07, 6.45) is -4.33. The van der Waals surface area contributed by atoms with Gasteiger partial charge < -0.3 is 18.9 Å². The molecule has 1 unspecified atom stereocenters. The van der Waals surface area contributed by atoms with Gasteiger partial charge in [0.15, 0.2) is 0 Å². The van der Waals surface area contributed by atoms with Crippen LogP contribution < -0.4 is 4.74 Å². The van der Waals surface area contributed by atoms with Gasteiger partial charge in [-0.3, -0.25) is 0 Å². The standard InChI is InChI=1S/C17H20F3NO7S/c1-3-26-16(22)15(25-2)10-13-11-21(8-9-27-13)29(23,24)14-6-4-12(5-7-14)28-17(18,19)20/h4-7,10,13H,3,8-9,11H2,1-2H3. The number of hydrogen-bond acceptors (Lipinski definition) is 7. The van der Waals surface area contributed by atoms with Crippen LogP contribution in [-0.4, -0.2) is 64.6 Å². The number of carbonyl (C=O) groups is 1. The van der Waals surface area contributed by atoms with Gasteiger partial charge in [-0.2, -0.15) is 4.31 Å². The van der Waals surface area contributed by atoms with E-state index >= 15 is 0 Å². The van der Waals surface area contributed by atoms with E-state index in [1.54, 1.807) is 6.92 Å². The number of nitrogens with zero attached hydrogens (tertiary/aromatic N) is 1. The van der Waals surface area contributed by atoms with Crippen molar-refractivity contribution in [1.29, 1.82) is 0 Å². The van der Waals surface area contributed by atoms with Crippen molar-refractivity contribution >= 4 is 16.0 Å². The van der Waals surface area contributed by atoms with Crippen LogP contribution in [0, 0.1) is 0 Å². The van der Waals surface area contributed by atoms with Crippen LogP contribution in [0.25, 0.3) is 0 Å². The second-order valence-electron chi connectivity index (χ2n) is 5.75. The number of ether oxygens (including phenoxy) is 4. The average Bonchev–Trinajstić information content (AvgIpc) is 2.65. The van der Waals surface area contributed by atoms with Crippen LogP contribution in [0.15, 0.2) is 41.0 Å². The lowest BCUT2D eigenvalue weighted by Gasteiger charge is -2.31. The number of benzene rings is 1. The van der Waals surface area contributed by atoms with Crippen LogP contribution in [0.2, 0.25) is 0 Å². The molecule has 0 aromatic heterocycles. The van der Waals surface area contributed by atoms with Gasteiger partial charge in [-0.25, -0.2) is 13.2 Å². The topological polar surface area (TPSA) is 91.4 Å². The summed E-state index contributed by atoms with van der Waals surface area (Å²) in [5, 5.41) is 0. The van der Waals surface area contributed by atoms with Gasteiger partial charge in [0.05, 0.1) is 31.3 Å². The lowest BCUT2D eigenvalue weighted by molar-refractivity contribution is -0.274. The van der Waals surface area contributed by atoms with Crippen molar-refractivity contribution < 1.29 is 45.3 Å². The normalized spacial score (nSPS) is 18.9. The molecule has 0 amide bonds. The maximum Gasteiger partial charge on any atom is 0.573 e. The summed E-state index contributed by atoms with van der Waals surface area (Å²) in [4.78, 5) is 11.6. The van der Waals surface area contributed by atoms with Crippen molar-refractivity contribution in [3.05, 3.63) is 36.1 Å². The quantitative estimate of drug-likeness (QED) is 0.365. The third kappa shape index (κ3) is 6.34. The fourth-order valence-corrected chi connectivity index (χ4v) is 3.96. The van der Waals surface area contributed by atoms with Crippen LogP contribution in [0.3, 0.4) is 0 Å². The molecule has 12 heteroatoms. The number of sulfonamides is 1. The lowest BCUT2D eigenvalue weighted by Crippen LogP contribution is -2.45. The maximum absolute atomic E-state index is 12.8. The SMILES string of the molecule is CCOC(=O)C(=CC1CN(S(=O)(=O)c2ccc(OC(F)(F)F)cc2)CCO1)OC. The number of esters is 1. The molecule has 0 saturated carbocycles. The molecule has 1 aliphatic rings. The van der Waals surface area contributed by atoms with Crippen molar-refractivity contribution in [1.82, 2.24) is 4.31 Å². The smallest absolute Gasteiger partial charge is 0.490 e. The summed E-state index contributed by atoms with van der Waals surface area (Å²) in [6.45, 7) is 1.74. The van der Waals surface area contributed by atoms with Gasteiger partial charge in [-0.15, -0.1) is 13.2 Å². The molecular formula is C17H20F3NO7S. The molecule has 29 heavy (non-hydrogen) atoms. The summed E-state index contributed by atoms with van der Waals surface area (Å²) in [6, 6.07) is 3.88. The van der Waals surface area contributed by atoms with E-state index in [0.717, 1.165) is 28.6 Å². The number of morpholine rings is 1. The zero-order valence-corrected chi connectivity index (χ0v) is 16.5. The summed E-state index contributed by atoms with van der Waals surface area (Å²) in [5.74, 6) is -1.36. The minimum Gasteiger partial charge on any atom is -0.490 e. The van der Waals surface area contributed by atoms with E-state index in [9.17, 15) is 26.4 Å². The highest BCUT2D eigenvalue weighted by Crippen LogP contribution is 2.26. The van der Waals surface area contributed by atoms with Crippen LogP contribution in [0.5, 0.6) is 5.75 Å². The second-order valence-corrected chi connectivity index (χ2v) is 7.68. The summed E-state index contributed by atoms with van der Waals surface area (Å²) >= 11 is 0. The molecule has 0 bridgehead atoms. The van der Waals surface area contributed by atoms with Crippen molar-refractivity contribution in [2.45, 2.75) is 24.3 Å². The predicted molar refractivity (Wildman–Crippen MR) is 93.3 cm³/mol. The molecule has 162 valence electrons. The monoisotopic (exact) mass is 439 g/mol. The Morgan fingerprint density at radius 2 is 1.97 bits per heavy atom. The molecule has 1 heterocycles. The Morgan fingerprint density at radius 1 is 1.31 bits per heavy atom. The van der Waals surface area contributed by atoms with E-state index in [-0.39, 0.29) is 37.0 Å². The van der Waals surface area contributed by atoms with Crippen LogP contribution in [-0.2, 0) is 29.0 Å². The zero-order valence-electron chi connectivity index (χ0n) is 15.6. The fraction of sp³-hybridized carbons (Fsp3) is 0.471. The van der Waals surface area contributed by atoms with E-state index in [4.69, 9.17) is 14.2 Å². The highest BCUT2D eigenvalue weighted by Gasteiger charge is 2.33. The predicted octanol–water partition coefficient (Wildman–Crippen LogP) is 2.07. The van der Waals surface area contributed by atoms with Gasteiger partial charge in [0.2, 0.25) is 15.8 Å². The van der Waals surface area contributed by atoms with Gasteiger partial charge in [-0.05, 0) is 37.3 Å². The lowest BCUT2D eigenvalue weighted by atomic mass is 10.2. The van der Waals surface area contributed by atoms with E-state index in [2.05, 4.69) is 4.74 Å². The number of halogens is 3. The van der Waals surface area contributed by atoms with Crippen LogP contribution in [0.4, 0.5) is 13.2 Å². The molecule has 1 saturated heterocycles. The first-order valence-corrected chi connectivity index (χ1v) is 9.91. The van der Waals surface area contributed by atoms with E-state index in [1.165, 1.54) is 13.2 Å². The van der Waals surface area contributed by atoms with Crippen molar-refractivity contribution in [2.24, 2.45) is 0 Å². The highest BCUT2D eigenvalue weighted by atomic mass is 32.2. The maximum atomic E-state index is 12.8. The zero-order chi connectivity index (χ0) is 21.7. The second kappa shape index (κ2) is 9.46. The molecular weight excluding hydrogens is 419 g/mol. The first kappa shape index (κ1) is 23.0. The molecule has 1 aromatic carbocycles. The molecule has 0 spiro atoms. The fourth-order valence-electron chi connectivity index (χ4n) is 2.52. The Hall–Kier alpha value is -2.31. The number of carbonyl (C=O) groups excluding carboxylic acids is 1. The van der Waals surface area contributed by atoms with E-state index in [1.807, 2.05) is 0 Å². The first-order chi connectivity index (χ1) is 13.6. The number of alkyl halides is 3. The number of methoxy groups -OCH3 is 1. The Morgan fingerprint density at radius 3 is 2.52 bits per heavy atom. The average molecular weight is 439 g/mol. The van der Waals surface area contributed by atoms with Crippen LogP contribution >= 0.6 is 0 Å². The number of rotatable bonds is 7. The van der Waals surface area contributed by atoms with Crippen LogP contribution in [0.1, 0.15) is 6.92 Å². The molecule has 8 nitrogen and oxygen atoms in total. The summed E-state index contributed by atoms with van der Waals surface area (Å²) in [7, 11) is -2.73. The van der Waals surface area contributed by atoms with Gasteiger partial charge in [-0.1, -0.05) is 0 Å². The molecule has 1 aromatic rings. The minimum absolute atomic E-state index is 0.0369. The van der Waals surface area contributed by atoms with Crippen molar-refractivity contribution in [3.8, 4) is 5.75 Å². The Labute approximate surface area is 165 Å². The number of hydrogen-bond donors (Lipinski definition) is 0.